The molecule has 2 N–H and O–H groups in total. The van der Waals surface area contributed by atoms with E-state index >= 15 is 0 Å². The third-order valence-corrected chi connectivity index (χ3v) is 7.70. The van der Waals surface area contributed by atoms with Crippen LogP contribution in [0.2, 0.25) is 5.02 Å². The van der Waals surface area contributed by atoms with Crippen molar-refractivity contribution in [2.24, 2.45) is 0 Å². The zero-order chi connectivity index (χ0) is 25.9. The van der Waals surface area contributed by atoms with Gasteiger partial charge in [-0.05, 0) is 89.0 Å². The molecule has 0 heterocycles. The normalized spacial score (nSPS) is 16.7. The molecule has 0 aliphatic heterocycles. The van der Waals surface area contributed by atoms with Crippen molar-refractivity contribution in [3.8, 4) is 5.75 Å². The zero-order valence-corrected chi connectivity index (χ0v) is 22.9. The number of carbonyl (C=O) groups is 2. The molecule has 0 atom stereocenters. The third-order valence-electron chi connectivity index (χ3n) is 6.87. The first-order valence-electron chi connectivity index (χ1n) is 12.4. The van der Waals surface area contributed by atoms with E-state index in [9.17, 15) is 14.0 Å². The van der Waals surface area contributed by atoms with Crippen LogP contribution < -0.4 is 15.4 Å². The summed E-state index contributed by atoms with van der Waals surface area (Å²) in [6.45, 7) is 3.85. The van der Waals surface area contributed by atoms with Crippen molar-refractivity contribution in [3.63, 3.8) is 0 Å². The number of ether oxygens (including phenoxy) is 1. The van der Waals surface area contributed by atoms with E-state index in [1.54, 1.807) is 0 Å². The molecule has 2 aliphatic carbocycles. The van der Waals surface area contributed by atoms with E-state index in [1.165, 1.54) is 6.07 Å². The van der Waals surface area contributed by atoms with Crippen molar-refractivity contribution in [2.75, 3.05) is 5.32 Å². The second-order valence-electron chi connectivity index (χ2n) is 9.99. The molecule has 0 unspecified atom stereocenters. The molecular formula is C28H31BrClFN2O3. The number of nitrogens with one attached hydrogen (secondary N) is 2. The summed E-state index contributed by atoms with van der Waals surface area (Å²) in [5.41, 5.74) is 1.13. The van der Waals surface area contributed by atoms with Gasteiger partial charge in [-0.15, -0.1) is 0 Å². The predicted molar refractivity (Wildman–Crippen MR) is 144 cm³/mol. The lowest BCUT2D eigenvalue weighted by molar-refractivity contribution is -0.120. The van der Waals surface area contributed by atoms with Crippen molar-refractivity contribution >= 4 is 45.0 Å². The van der Waals surface area contributed by atoms with Crippen LogP contribution in [-0.2, 0) is 15.1 Å². The van der Waals surface area contributed by atoms with Gasteiger partial charge in [0.1, 0.15) is 11.6 Å². The van der Waals surface area contributed by atoms with Gasteiger partial charge in [-0.25, -0.2) is 4.39 Å². The Hall–Kier alpha value is -2.38. The van der Waals surface area contributed by atoms with Crippen LogP contribution in [0.5, 0.6) is 5.75 Å². The van der Waals surface area contributed by atoms with Crippen LogP contribution >= 0.6 is 27.5 Å². The minimum absolute atomic E-state index is 0.00887. The fourth-order valence-electron chi connectivity index (χ4n) is 4.80. The van der Waals surface area contributed by atoms with Gasteiger partial charge in [0.15, 0.2) is 0 Å². The Bertz CT molecular complexity index is 1170. The Labute approximate surface area is 224 Å². The zero-order valence-electron chi connectivity index (χ0n) is 20.6. The maximum Gasteiger partial charge on any atom is 0.252 e. The first-order valence-corrected chi connectivity index (χ1v) is 13.6. The van der Waals surface area contributed by atoms with Gasteiger partial charge in [-0.1, -0.05) is 39.7 Å². The van der Waals surface area contributed by atoms with E-state index in [4.69, 9.17) is 16.3 Å². The summed E-state index contributed by atoms with van der Waals surface area (Å²) in [7, 11) is 0. The molecule has 0 spiro atoms. The Morgan fingerprint density at radius 2 is 1.61 bits per heavy atom. The minimum atomic E-state index is -0.647. The van der Waals surface area contributed by atoms with Crippen LogP contribution in [-0.4, -0.2) is 17.9 Å². The molecule has 1 saturated carbocycles. The molecule has 5 nitrogen and oxygen atoms in total. The van der Waals surface area contributed by atoms with Crippen molar-refractivity contribution in [2.45, 2.75) is 76.9 Å². The lowest BCUT2D eigenvalue weighted by Crippen LogP contribution is -2.42. The second kappa shape index (κ2) is 11.3. The maximum absolute atomic E-state index is 14.7. The summed E-state index contributed by atoms with van der Waals surface area (Å²) in [6, 6.07) is 10.3. The quantitative estimate of drug-likeness (QED) is 0.360. The monoisotopic (exact) mass is 576 g/mol. The predicted octanol–water partition coefficient (Wildman–Crippen LogP) is 7.42. The van der Waals surface area contributed by atoms with Crippen LogP contribution in [0.3, 0.4) is 0 Å². The molecule has 4 rings (SSSR count). The second-order valence-corrected chi connectivity index (χ2v) is 11.3. The highest BCUT2D eigenvalue weighted by Crippen LogP contribution is 2.35. The molecule has 2 aromatic rings. The molecule has 0 saturated heterocycles. The van der Waals surface area contributed by atoms with E-state index in [2.05, 4.69) is 26.6 Å². The van der Waals surface area contributed by atoms with Gasteiger partial charge in [0, 0.05) is 21.7 Å². The highest BCUT2D eigenvalue weighted by atomic mass is 79.9. The van der Waals surface area contributed by atoms with Crippen LogP contribution in [0, 0.1) is 5.82 Å². The molecular weight excluding hydrogens is 547 g/mol. The van der Waals surface area contributed by atoms with Crippen LogP contribution in [0.25, 0.3) is 0 Å². The number of anilines is 1. The van der Waals surface area contributed by atoms with Crippen molar-refractivity contribution in [1.82, 2.24) is 5.32 Å². The van der Waals surface area contributed by atoms with Crippen LogP contribution in [0.1, 0.15) is 70.8 Å². The molecule has 0 aromatic heterocycles. The lowest BCUT2D eigenvalue weighted by Gasteiger charge is -2.29. The van der Waals surface area contributed by atoms with Gasteiger partial charge in [0.25, 0.3) is 5.91 Å². The summed E-state index contributed by atoms with van der Waals surface area (Å²) in [5, 5.41) is 5.91. The van der Waals surface area contributed by atoms with E-state index in [0.29, 0.717) is 29.7 Å². The summed E-state index contributed by atoms with van der Waals surface area (Å²) < 4.78 is 21.6. The average molecular weight is 578 g/mol. The van der Waals surface area contributed by atoms with Crippen molar-refractivity contribution in [1.29, 1.82) is 0 Å². The lowest BCUT2D eigenvalue weighted by atomic mass is 9.88. The van der Waals surface area contributed by atoms with Crippen LogP contribution in [0.15, 0.2) is 52.0 Å². The summed E-state index contributed by atoms with van der Waals surface area (Å²) in [4.78, 5) is 26.6. The molecule has 2 aromatic carbocycles. The number of rotatable bonds is 7. The minimum Gasteiger partial charge on any atom is -0.489 e. The van der Waals surface area contributed by atoms with Gasteiger partial charge in [-0.2, -0.15) is 0 Å². The molecule has 2 aliphatic rings. The van der Waals surface area contributed by atoms with Crippen molar-refractivity contribution in [3.05, 3.63) is 68.4 Å². The number of hydrogen-bond donors (Lipinski definition) is 2. The van der Waals surface area contributed by atoms with Gasteiger partial charge in [0.2, 0.25) is 5.91 Å². The Morgan fingerprint density at radius 3 is 2.25 bits per heavy atom. The summed E-state index contributed by atoms with van der Waals surface area (Å²) in [5.74, 6) is -1.05. The molecule has 1 fully saturated rings. The number of carbonyl (C=O) groups excluding carboxylic acids is 2. The molecule has 8 heteroatoms. The smallest absolute Gasteiger partial charge is 0.252 e. The Kier molecular flexibility index (Phi) is 8.41. The fourth-order valence-corrected chi connectivity index (χ4v) is 5.26. The van der Waals surface area contributed by atoms with Crippen LogP contribution in [0.4, 0.5) is 10.1 Å². The third kappa shape index (κ3) is 6.30. The van der Waals surface area contributed by atoms with Gasteiger partial charge < -0.3 is 15.4 Å². The largest absolute Gasteiger partial charge is 0.489 e. The molecule has 2 amide bonds. The van der Waals surface area contributed by atoms with Gasteiger partial charge in [-0.3, -0.25) is 9.59 Å². The number of benzene rings is 2. The van der Waals surface area contributed by atoms with E-state index < -0.39 is 17.3 Å². The molecule has 36 heavy (non-hydrogen) atoms. The number of amides is 2. The number of hydrogen-bond acceptors (Lipinski definition) is 3. The standard InChI is InChI=1S/C28H31BrClFN2O3/c1-28(2,17-11-13-18(29)14-12-17)33-27(35)21-10-6-5-9-20(21)26(34)32-24-16-25(22(30)15-23(24)31)36-19-7-3-4-8-19/h11-16,19H,3-10H2,1-2H3,(H,32,34)(H,33,35). The average Bonchev–Trinajstić information content (AvgIpc) is 3.35. The van der Waals surface area contributed by atoms with Gasteiger partial charge >= 0.3 is 0 Å². The van der Waals surface area contributed by atoms with Gasteiger partial charge in [0.05, 0.1) is 22.4 Å². The molecule has 0 bridgehead atoms. The topological polar surface area (TPSA) is 67.4 Å². The first kappa shape index (κ1) is 26.7. The summed E-state index contributed by atoms with van der Waals surface area (Å²) >= 11 is 9.64. The highest BCUT2D eigenvalue weighted by Gasteiger charge is 2.29. The maximum atomic E-state index is 14.7. The summed E-state index contributed by atoms with van der Waals surface area (Å²) in [6.07, 6.45) is 6.62. The van der Waals surface area contributed by atoms with Crippen molar-refractivity contribution < 1.29 is 18.7 Å². The van der Waals surface area contributed by atoms with E-state index in [0.717, 1.165) is 54.6 Å². The van der Waals surface area contributed by atoms with E-state index in [-0.39, 0.29) is 22.7 Å². The Morgan fingerprint density at radius 1 is 1.00 bits per heavy atom. The molecule has 0 radical (unpaired) electrons. The van der Waals surface area contributed by atoms with E-state index in [1.807, 2.05) is 38.1 Å². The Balaban J connectivity index is 1.54. The SMILES string of the molecule is CC(C)(NC(=O)C1=C(C(=O)Nc2cc(OC3CCCC3)c(Cl)cc2F)CCCC1)c1ccc(Br)cc1. The fraction of sp³-hybridized carbons (Fsp3) is 0.429. The first-order chi connectivity index (χ1) is 17.1. The highest BCUT2D eigenvalue weighted by molar-refractivity contribution is 9.10. The molecule has 192 valence electrons. The number of halogens is 3.